The number of fused-ring (bicyclic) bond motifs is 1. The summed E-state index contributed by atoms with van der Waals surface area (Å²) in [5.41, 5.74) is 1.92. The van der Waals surface area contributed by atoms with Gasteiger partial charge in [-0.3, -0.25) is 9.63 Å². The predicted octanol–water partition coefficient (Wildman–Crippen LogP) is 6.81. The first-order valence-corrected chi connectivity index (χ1v) is 12.7. The van der Waals surface area contributed by atoms with Crippen molar-refractivity contribution >= 4 is 21.8 Å². The summed E-state index contributed by atoms with van der Waals surface area (Å²) in [6.07, 6.45) is 9.00. The minimum Gasteiger partial charge on any atom is -0.267 e. The van der Waals surface area contributed by atoms with Crippen LogP contribution in [0.1, 0.15) is 67.8 Å². The van der Waals surface area contributed by atoms with Gasteiger partial charge in [-0.25, -0.2) is 5.06 Å². The minimum absolute atomic E-state index is 0.0274. The van der Waals surface area contributed by atoms with Crippen LogP contribution in [0.4, 0.5) is 0 Å². The summed E-state index contributed by atoms with van der Waals surface area (Å²) < 4.78 is 0.988. The standard InChI is InChI=1S/C27H32BrNO2/c1-2-3-13-27-17-20-14-22(18-27)24(15-19-7-5-4-6-8-19)25(16-20)29(31-27)26(30)21-9-11-23(28)12-10-21/h4-12,20,22,24-25H,2-3,13-18H2,1H3/t20-,22-,24+,25-,27+/m1/s1. The normalized spacial score (nSPS) is 31.6. The lowest BCUT2D eigenvalue weighted by atomic mass is 9.59. The van der Waals surface area contributed by atoms with Crippen LogP contribution in [-0.2, 0) is 11.3 Å². The van der Waals surface area contributed by atoms with Crippen molar-refractivity contribution in [1.82, 2.24) is 5.06 Å². The summed E-state index contributed by atoms with van der Waals surface area (Å²) in [4.78, 5) is 20.5. The predicted molar refractivity (Wildman–Crippen MR) is 127 cm³/mol. The van der Waals surface area contributed by atoms with Gasteiger partial charge in [-0.2, -0.15) is 0 Å². The van der Waals surface area contributed by atoms with Gasteiger partial charge >= 0.3 is 0 Å². The van der Waals surface area contributed by atoms with Crippen LogP contribution in [0, 0.1) is 17.8 Å². The molecule has 2 aromatic carbocycles. The van der Waals surface area contributed by atoms with E-state index >= 15 is 0 Å². The third-order valence-electron chi connectivity index (χ3n) is 7.79. The Morgan fingerprint density at radius 3 is 2.61 bits per heavy atom. The number of rotatable bonds is 6. The molecule has 4 fully saturated rings. The average Bonchev–Trinajstić information content (AvgIpc) is 2.95. The van der Waals surface area contributed by atoms with Gasteiger partial charge < -0.3 is 0 Å². The first kappa shape index (κ1) is 21.2. The van der Waals surface area contributed by atoms with Crippen molar-refractivity contribution in [3.8, 4) is 0 Å². The van der Waals surface area contributed by atoms with E-state index in [9.17, 15) is 4.79 Å². The van der Waals surface area contributed by atoms with E-state index in [4.69, 9.17) is 4.84 Å². The van der Waals surface area contributed by atoms with Crippen molar-refractivity contribution < 1.29 is 9.63 Å². The SMILES string of the molecule is CCCC[C@]12C[C@@H]3C[C@H](C1)[C@H](Cc1ccccc1)[C@@H](C3)N(C(=O)c1ccc(Br)cc1)O2. The molecule has 4 heteroatoms. The number of halogens is 1. The quantitative estimate of drug-likeness (QED) is 0.453. The lowest BCUT2D eigenvalue weighted by molar-refractivity contribution is -0.228. The highest BCUT2D eigenvalue weighted by Gasteiger charge is 2.56. The molecule has 2 saturated carbocycles. The van der Waals surface area contributed by atoms with Gasteiger partial charge in [0, 0.05) is 10.0 Å². The van der Waals surface area contributed by atoms with E-state index in [1.165, 1.54) is 12.0 Å². The molecule has 1 amide bonds. The van der Waals surface area contributed by atoms with Gasteiger partial charge in [0.2, 0.25) is 0 Å². The molecule has 164 valence electrons. The van der Waals surface area contributed by atoms with Gasteiger partial charge in [-0.15, -0.1) is 0 Å². The molecule has 0 spiro atoms. The molecule has 31 heavy (non-hydrogen) atoms. The van der Waals surface area contributed by atoms with Crippen LogP contribution in [-0.4, -0.2) is 22.6 Å². The highest BCUT2D eigenvalue weighted by Crippen LogP contribution is 2.55. The van der Waals surface area contributed by atoms with Gasteiger partial charge in [0.15, 0.2) is 0 Å². The number of carbonyl (C=O) groups excluding carboxylic acids is 1. The molecule has 3 nitrogen and oxygen atoms in total. The summed E-state index contributed by atoms with van der Waals surface area (Å²) in [7, 11) is 0. The van der Waals surface area contributed by atoms with Gasteiger partial charge in [0.05, 0.1) is 11.6 Å². The number of unbranched alkanes of at least 4 members (excludes halogenated alkanes) is 1. The van der Waals surface area contributed by atoms with Crippen LogP contribution in [0.25, 0.3) is 0 Å². The maximum absolute atomic E-state index is 13.7. The number of hydrogen-bond acceptors (Lipinski definition) is 2. The second-order valence-electron chi connectivity index (χ2n) is 9.94. The van der Waals surface area contributed by atoms with E-state index in [-0.39, 0.29) is 17.6 Å². The molecule has 4 aliphatic rings. The van der Waals surface area contributed by atoms with Crippen LogP contribution in [0.2, 0.25) is 0 Å². The van der Waals surface area contributed by atoms with E-state index < -0.39 is 0 Å². The van der Waals surface area contributed by atoms with Gasteiger partial charge in [-0.05, 0) is 86.1 Å². The molecule has 0 aromatic heterocycles. The lowest BCUT2D eigenvalue weighted by Crippen LogP contribution is -2.48. The highest BCUT2D eigenvalue weighted by molar-refractivity contribution is 9.10. The number of hydroxylamine groups is 2. The van der Waals surface area contributed by atoms with E-state index in [0.29, 0.717) is 23.3 Å². The summed E-state index contributed by atoms with van der Waals surface area (Å²) in [6.45, 7) is 2.25. The van der Waals surface area contributed by atoms with Crippen LogP contribution in [0.3, 0.4) is 0 Å². The van der Waals surface area contributed by atoms with Crippen LogP contribution >= 0.6 is 15.9 Å². The van der Waals surface area contributed by atoms with E-state index in [0.717, 1.165) is 49.4 Å². The molecule has 0 N–H and O–H groups in total. The lowest BCUT2D eigenvalue weighted by Gasteiger charge is -2.46. The molecule has 4 bridgehead atoms. The number of nitrogens with zero attached hydrogens (tertiary/aromatic N) is 1. The van der Waals surface area contributed by atoms with Crippen molar-refractivity contribution in [2.75, 3.05) is 0 Å². The maximum atomic E-state index is 13.7. The highest BCUT2D eigenvalue weighted by atomic mass is 79.9. The second kappa shape index (κ2) is 8.71. The Hall–Kier alpha value is -1.65. The summed E-state index contributed by atoms with van der Waals surface area (Å²) >= 11 is 3.49. The third kappa shape index (κ3) is 4.21. The Morgan fingerprint density at radius 1 is 1.10 bits per heavy atom. The van der Waals surface area contributed by atoms with Crippen LogP contribution in [0.5, 0.6) is 0 Å². The minimum atomic E-state index is -0.172. The molecule has 2 aromatic rings. The monoisotopic (exact) mass is 481 g/mol. The zero-order valence-corrected chi connectivity index (χ0v) is 19.9. The fraction of sp³-hybridized carbons (Fsp3) is 0.519. The molecule has 6 rings (SSSR count). The van der Waals surface area contributed by atoms with E-state index in [1.54, 1.807) is 0 Å². The Morgan fingerprint density at radius 2 is 1.87 bits per heavy atom. The van der Waals surface area contributed by atoms with Gasteiger partial charge in [0.25, 0.3) is 5.91 Å². The molecule has 0 radical (unpaired) electrons. The van der Waals surface area contributed by atoms with Crippen molar-refractivity contribution in [3.05, 3.63) is 70.2 Å². The van der Waals surface area contributed by atoms with Gasteiger partial charge in [0.1, 0.15) is 0 Å². The van der Waals surface area contributed by atoms with Gasteiger partial charge in [-0.1, -0.05) is 66.0 Å². The Labute approximate surface area is 194 Å². The molecular weight excluding hydrogens is 450 g/mol. The topological polar surface area (TPSA) is 29.5 Å². The zero-order chi connectivity index (χ0) is 21.4. The molecule has 5 atom stereocenters. The molecule has 2 aliphatic carbocycles. The zero-order valence-electron chi connectivity index (χ0n) is 18.3. The number of carbonyl (C=O) groups is 1. The largest absolute Gasteiger partial charge is 0.277 e. The van der Waals surface area contributed by atoms with Crippen LogP contribution in [0.15, 0.2) is 59.1 Å². The summed E-state index contributed by atoms with van der Waals surface area (Å²) in [6, 6.07) is 18.7. The third-order valence-corrected chi connectivity index (χ3v) is 8.32. The number of amides is 1. The Kier molecular flexibility index (Phi) is 5.96. The van der Waals surface area contributed by atoms with E-state index in [2.05, 4.69) is 53.2 Å². The fourth-order valence-corrected chi connectivity index (χ4v) is 6.75. The molecular formula is C27H32BrNO2. The first-order chi connectivity index (χ1) is 15.1. The second-order valence-corrected chi connectivity index (χ2v) is 10.9. The number of hydrogen-bond donors (Lipinski definition) is 0. The number of benzene rings is 2. The molecule has 0 unspecified atom stereocenters. The van der Waals surface area contributed by atoms with Crippen molar-refractivity contribution in [1.29, 1.82) is 0 Å². The molecule has 2 saturated heterocycles. The fourth-order valence-electron chi connectivity index (χ4n) is 6.49. The van der Waals surface area contributed by atoms with Crippen molar-refractivity contribution in [3.63, 3.8) is 0 Å². The summed E-state index contributed by atoms with van der Waals surface area (Å²) in [5, 5.41) is 1.84. The molecule has 2 aliphatic heterocycles. The van der Waals surface area contributed by atoms with Crippen LogP contribution < -0.4 is 0 Å². The van der Waals surface area contributed by atoms with Crippen molar-refractivity contribution in [2.24, 2.45) is 17.8 Å². The Bertz CT molecular complexity index is 915. The smallest absolute Gasteiger partial charge is 0.267 e. The summed E-state index contributed by atoms with van der Waals surface area (Å²) in [5.74, 6) is 1.80. The maximum Gasteiger partial charge on any atom is 0.277 e. The molecule has 2 heterocycles. The Balaban J connectivity index is 1.51. The average molecular weight is 482 g/mol. The van der Waals surface area contributed by atoms with E-state index in [1.807, 2.05) is 29.3 Å². The van der Waals surface area contributed by atoms with Crippen molar-refractivity contribution in [2.45, 2.75) is 69.9 Å². The first-order valence-electron chi connectivity index (χ1n) is 11.9.